The molecule has 0 saturated carbocycles. The Morgan fingerprint density at radius 1 is 1.48 bits per heavy atom. The second-order valence-corrected chi connectivity index (χ2v) is 4.62. The monoisotopic (exact) mass is 290 g/mol. The third kappa shape index (κ3) is 3.79. The standard InChI is InChI=1S/C14H18N4O3/c1-3-15-7-11-4-5-14(13(6-11)18(19)20)21-9-12-8-16-10-17(12)2/h4-6,8,10,15H,3,7,9H2,1-2H3. The van der Waals surface area contributed by atoms with E-state index in [1.54, 1.807) is 24.7 Å². The molecule has 0 amide bonds. The number of nitrogens with zero attached hydrogens (tertiary/aromatic N) is 3. The van der Waals surface area contributed by atoms with Gasteiger partial charge in [-0.1, -0.05) is 13.0 Å². The van der Waals surface area contributed by atoms with Gasteiger partial charge in [0.25, 0.3) is 0 Å². The van der Waals surface area contributed by atoms with Crippen molar-refractivity contribution >= 4 is 5.69 Å². The lowest BCUT2D eigenvalue weighted by molar-refractivity contribution is -0.386. The Balaban J connectivity index is 2.14. The van der Waals surface area contributed by atoms with Crippen LogP contribution in [0.5, 0.6) is 5.75 Å². The fourth-order valence-electron chi connectivity index (χ4n) is 1.88. The third-order valence-corrected chi connectivity index (χ3v) is 3.09. The minimum atomic E-state index is -0.423. The maximum atomic E-state index is 11.2. The fourth-order valence-corrected chi connectivity index (χ4v) is 1.88. The number of rotatable bonds is 7. The molecule has 0 fully saturated rings. The van der Waals surface area contributed by atoms with Crippen molar-refractivity contribution in [1.29, 1.82) is 0 Å². The molecule has 0 aliphatic heterocycles. The normalized spacial score (nSPS) is 10.6. The van der Waals surface area contributed by atoms with Gasteiger partial charge < -0.3 is 14.6 Å². The van der Waals surface area contributed by atoms with Crippen molar-refractivity contribution in [3.8, 4) is 5.75 Å². The number of nitro groups is 1. The number of hydrogen-bond acceptors (Lipinski definition) is 5. The van der Waals surface area contributed by atoms with Gasteiger partial charge in [0, 0.05) is 19.7 Å². The van der Waals surface area contributed by atoms with E-state index in [-0.39, 0.29) is 18.0 Å². The number of hydrogen-bond donors (Lipinski definition) is 1. The summed E-state index contributed by atoms with van der Waals surface area (Å²) in [7, 11) is 1.85. The Morgan fingerprint density at radius 2 is 2.29 bits per heavy atom. The highest BCUT2D eigenvalue weighted by molar-refractivity contribution is 5.48. The van der Waals surface area contributed by atoms with E-state index < -0.39 is 4.92 Å². The summed E-state index contributed by atoms with van der Waals surface area (Å²) in [6.07, 6.45) is 3.33. The minimum absolute atomic E-state index is 0.0208. The lowest BCUT2D eigenvalue weighted by Crippen LogP contribution is -2.12. The average Bonchev–Trinajstić information content (AvgIpc) is 2.88. The van der Waals surface area contributed by atoms with Crippen LogP contribution >= 0.6 is 0 Å². The topological polar surface area (TPSA) is 82.2 Å². The molecule has 7 nitrogen and oxygen atoms in total. The molecule has 112 valence electrons. The number of nitrogens with one attached hydrogen (secondary N) is 1. The van der Waals surface area contributed by atoms with Crippen LogP contribution in [0.15, 0.2) is 30.7 Å². The summed E-state index contributed by atoms with van der Waals surface area (Å²) in [5, 5.41) is 14.3. The zero-order valence-electron chi connectivity index (χ0n) is 12.1. The molecule has 1 aromatic carbocycles. The molecule has 0 bridgehead atoms. The van der Waals surface area contributed by atoms with Crippen LogP contribution < -0.4 is 10.1 Å². The maximum absolute atomic E-state index is 11.2. The van der Waals surface area contributed by atoms with Gasteiger partial charge >= 0.3 is 5.69 Å². The molecule has 7 heteroatoms. The largest absolute Gasteiger partial charge is 0.480 e. The van der Waals surface area contributed by atoms with Crippen molar-refractivity contribution in [1.82, 2.24) is 14.9 Å². The second-order valence-electron chi connectivity index (χ2n) is 4.62. The van der Waals surface area contributed by atoms with Crippen molar-refractivity contribution in [2.24, 2.45) is 7.05 Å². The molecule has 0 saturated heterocycles. The molecule has 1 aromatic heterocycles. The number of ether oxygens (including phenoxy) is 1. The number of aryl methyl sites for hydroxylation is 1. The van der Waals surface area contributed by atoms with Crippen LogP contribution in [-0.2, 0) is 20.2 Å². The molecule has 1 N–H and O–H groups in total. The van der Waals surface area contributed by atoms with E-state index >= 15 is 0 Å². The first-order chi connectivity index (χ1) is 10.1. The fraction of sp³-hybridized carbons (Fsp3) is 0.357. The molecular formula is C14H18N4O3. The van der Waals surface area contributed by atoms with Crippen molar-refractivity contribution in [2.45, 2.75) is 20.1 Å². The first-order valence-corrected chi connectivity index (χ1v) is 6.68. The summed E-state index contributed by atoms with van der Waals surface area (Å²) >= 11 is 0. The van der Waals surface area contributed by atoms with Crippen LogP contribution in [0, 0.1) is 10.1 Å². The van der Waals surface area contributed by atoms with E-state index in [4.69, 9.17) is 4.74 Å². The van der Waals surface area contributed by atoms with Gasteiger partial charge in [-0.05, 0) is 18.2 Å². The molecule has 21 heavy (non-hydrogen) atoms. The number of benzene rings is 1. The van der Waals surface area contributed by atoms with Gasteiger partial charge in [0.1, 0.15) is 6.61 Å². The minimum Gasteiger partial charge on any atom is -0.480 e. The number of nitro benzene ring substituents is 1. The van der Waals surface area contributed by atoms with Crippen LogP contribution in [0.1, 0.15) is 18.2 Å². The van der Waals surface area contributed by atoms with Crippen LogP contribution in [-0.4, -0.2) is 21.0 Å². The van der Waals surface area contributed by atoms with Gasteiger partial charge in [0.05, 0.1) is 23.1 Å². The number of aromatic nitrogens is 2. The van der Waals surface area contributed by atoms with E-state index in [1.165, 1.54) is 0 Å². The van der Waals surface area contributed by atoms with E-state index in [2.05, 4.69) is 10.3 Å². The molecule has 0 spiro atoms. The SMILES string of the molecule is CCNCc1ccc(OCc2cncn2C)c([N+](=O)[O-])c1. The number of imidazole rings is 1. The van der Waals surface area contributed by atoms with E-state index in [9.17, 15) is 10.1 Å². The van der Waals surface area contributed by atoms with Crippen LogP contribution in [0.25, 0.3) is 0 Å². The van der Waals surface area contributed by atoms with E-state index in [1.807, 2.05) is 24.6 Å². The third-order valence-electron chi connectivity index (χ3n) is 3.09. The van der Waals surface area contributed by atoms with Crippen molar-refractivity contribution in [2.75, 3.05) is 6.54 Å². The van der Waals surface area contributed by atoms with Crippen molar-refractivity contribution in [3.05, 3.63) is 52.1 Å². The summed E-state index contributed by atoms with van der Waals surface area (Å²) in [6.45, 7) is 3.63. The molecule has 0 atom stereocenters. The maximum Gasteiger partial charge on any atom is 0.311 e. The molecule has 0 unspecified atom stereocenters. The zero-order valence-corrected chi connectivity index (χ0v) is 12.1. The summed E-state index contributed by atoms with van der Waals surface area (Å²) in [6, 6.07) is 5.01. The molecule has 0 radical (unpaired) electrons. The Labute approximate surface area is 122 Å². The first kappa shape index (κ1) is 15.0. The summed E-state index contributed by atoms with van der Waals surface area (Å²) in [4.78, 5) is 14.7. The Kier molecular flexibility index (Phi) is 4.89. The van der Waals surface area contributed by atoms with Crippen molar-refractivity contribution in [3.63, 3.8) is 0 Å². The Bertz CT molecular complexity index is 624. The van der Waals surface area contributed by atoms with Gasteiger partial charge in [-0.25, -0.2) is 4.98 Å². The van der Waals surface area contributed by atoms with Gasteiger partial charge in [-0.3, -0.25) is 10.1 Å². The molecule has 2 aromatic rings. The van der Waals surface area contributed by atoms with Crippen LogP contribution in [0.2, 0.25) is 0 Å². The molecule has 0 aliphatic rings. The van der Waals surface area contributed by atoms with Gasteiger partial charge in [-0.2, -0.15) is 0 Å². The molecule has 2 rings (SSSR count). The first-order valence-electron chi connectivity index (χ1n) is 6.68. The predicted molar refractivity (Wildman–Crippen MR) is 78.0 cm³/mol. The molecule has 0 aliphatic carbocycles. The summed E-state index contributed by atoms with van der Waals surface area (Å²) in [5.41, 5.74) is 1.69. The lowest BCUT2D eigenvalue weighted by Gasteiger charge is -2.09. The van der Waals surface area contributed by atoms with Crippen LogP contribution in [0.3, 0.4) is 0 Å². The molecular weight excluding hydrogens is 272 g/mol. The van der Waals surface area contributed by atoms with E-state index in [0.717, 1.165) is 17.8 Å². The lowest BCUT2D eigenvalue weighted by atomic mass is 10.2. The van der Waals surface area contributed by atoms with E-state index in [0.29, 0.717) is 6.54 Å². The highest BCUT2D eigenvalue weighted by Gasteiger charge is 2.16. The Hall–Kier alpha value is -2.41. The highest BCUT2D eigenvalue weighted by atomic mass is 16.6. The summed E-state index contributed by atoms with van der Waals surface area (Å²) in [5.74, 6) is 0.265. The Morgan fingerprint density at radius 3 is 2.90 bits per heavy atom. The average molecular weight is 290 g/mol. The van der Waals surface area contributed by atoms with Gasteiger partial charge in [0.15, 0.2) is 5.75 Å². The smallest absolute Gasteiger partial charge is 0.311 e. The summed E-state index contributed by atoms with van der Waals surface area (Å²) < 4.78 is 7.37. The zero-order chi connectivity index (χ0) is 15.2. The van der Waals surface area contributed by atoms with Crippen molar-refractivity contribution < 1.29 is 9.66 Å². The van der Waals surface area contributed by atoms with Crippen LogP contribution in [0.4, 0.5) is 5.69 Å². The highest BCUT2D eigenvalue weighted by Crippen LogP contribution is 2.28. The van der Waals surface area contributed by atoms with Gasteiger partial charge in [-0.15, -0.1) is 0 Å². The predicted octanol–water partition coefficient (Wildman–Crippen LogP) is 2.02. The quantitative estimate of drug-likeness (QED) is 0.623. The van der Waals surface area contributed by atoms with Gasteiger partial charge in [0.2, 0.25) is 0 Å². The second kappa shape index (κ2) is 6.85. The molecule has 1 heterocycles.